The van der Waals surface area contributed by atoms with Crippen molar-refractivity contribution in [1.29, 1.82) is 0 Å². The summed E-state index contributed by atoms with van der Waals surface area (Å²) in [5.41, 5.74) is 0.780. The molecule has 0 atom stereocenters. The minimum atomic E-state index is -0.455. The summed E-state index contributed by atoms with van der Waals surface area (Å²) in [6.07, 6.45) is 3.38. The van der Waals surface area contributed by atoms with Crippen molar-refractivity contribution in [2.45, 2.75) is 19.8 Å². The highest BCUT2D eigenvalue weighted by molar-refractivity contribution is 6.08. The lowest BCUT2D eigenvalue weighted by Gasteiger charge is -2.19. The first-order valence-electron chi connectivity index (χ1n) is 7.77. The second kappa shape index (κ2) is 6.73. The first-order valence-corrected chi connectivity index (χ1v) is 7.77. The lowest BCUT2D eigenvalue weighted by molar-refractivity contribution is -0.140. The Kier molecular flexibility index (Phi) is 4.50. The van der Waals surface area contributed by atoms with Crippen LogP contribution in [0.2, 0.25) is 0 Å². The maximum Gasteiger partial charge on any atom is 0.354 e. The van der Waals surface area contributed by atoms with Crippen LogP contribution in [-0.4, -0.2) is 43.1 Å². The summed E-state index contributed by atoms with van der Waals surface area (Å²) in [6.45, 7) is 3.71. The van der Waals surface area contributed by atoms with Gasteiger partial charge in [-0.05, 0) is 38.0 Å². The average molecular weight is 317 g/mol. The minimum absolute atomic E-state index is 0.157. The van der Waals surface area contributed by atoms with Crippen LogP contribution in [0.5, 0.6) is 11.5 Å². The van der Waals surface area contributed by atoms with Gasteiger partial charge >= 0.3 is 5.97 Å². The molecule has 1 aromatic rings. The largest absolute Gasteiger partial charge is 0.461 e. The molecule has 0 N–H and O–H groups in total. The molecule has 23 heavy (non-hydrogen) atoms. The number of esters is 1. The zero-order valence-electron chi connectivity index (χ0n) is 13.0. The number of carbonyl (C=O) groups is 2. The molecular formula is C17H19NO5. The van der Waals surface area contributed by atoms with Crippen molar-refractivity contribution < 1.29 is 23.8 Å². The number of ether oxygens (including phenoxy) is 3. The second-order valence-corrected chi connectivity index (χ2v) is 5.38. The smallest absolute Gasteiger partial charge is 0.354 e. The predicted molar refractivity (Wildman–Crippen MR) is 82.4 cm³/mol. The van der Waals surface area contributed by atoms with Crippen molar-refractivity contribution >= 4 is 11.8 Å². The molecule has 1 aromatic carbocycles. The van der Waals surface area contributed by atoms with Gasteiger partial charge in [0.2, 0.25) is 6.79 Å². The van der Waals surface area contributed by atoms with E-state index in [2.05, 4.69) is 0 Å². The van der Waals surface area contributed by atoms with Crippen LogP contribution >= 0.6 is 0 Å². The number of likely N-dealkylation sites (tertiary alicyclic amines) is 1. The summed E-state index contributed by atoms with van der Waals surface area (Å²) in [5.74, 6) is 0.459. The Hall–Kier alpha value is -2.50. The third-order valence-corrected chi connectivity index (χ3v) is 3.86. The Balaban J connectivity index is 1.85. The highest BCUT2D eigenvalue weighted by Gasteiger charge is 2.24. The predicted octanol–water partition coefficient (Wildman–Crippen LogP) is 2.14. The summed E-state index contributed by atoms with van der Waals surface area (Å²) in [7, 11) is 0. The van der Waals surface area contributed by atoms with Gasteiger partial charge in [-0.15, -0.1) is 0 Å². The molecule has 6 nitrogen and oxygen atoms in total. The average Bonchev–Trinajstić information content (AvgIpc) is 3.22. The Morgan fingerprint density at radius 3 is 2.70 bits per heavy atom. The molecule has 0 amide bonds. The topological polar surface area (TPSA) is 65.1 Å². The summed E-state index contributed by atoms with van der Waals surface area (Å²) in [5, 5.41) is 0. The number of allylic oxidation sites excluding steroid dienone is 1. The first-order chi connectivity index (χ1) is 11.2. The van der Waals surface area contributed by atoms with Crippen LogP contribution < -0.4 is 9.47 Å². The van der Waals surface area contributed by atoms with E-state index >= 15 is 0 Å². The van der Waals surface area contributed by atoms with E-state index in [9.17, 15) is 9.59 Å². The number of fused-ring (bicyclic) bond motifs is 1. The van der Waals surface area contributed by atoms with Crippen LogP contribution in [0.1, 0.15) is 30.1 Å². The molecule has 2 aliphatic heterocycles. The Bertz CT molecular complexity index is 646. The number of hydrogen-bond donors (Lipinski definition) is 0. The van der Waals surface area contributed by atoms with Gasteiger partial charge in [0.25, 0.3) is 0 Å². The molecule has 1 saturated heterocycles. The monoisotopic (exact) mass is 317 g/mol. The van der Waals surface area contributed by atoms with Crippen LogP contribution in [0.4, 0.5) is 0 Å². The molecule has 122 valence electrons. The van der Waals surface area contributed by atoms with Crippen LogP contribution in [0.3, 0.4) is 0 Å². The molecule has 2 heterocycles. The molecular weight excluding hydrogens is 298 g/mol. The number of ketones is 1. The van der Waals surface area contributed by atoms with E-state index in [1.807, 2.05) is 4.90 Å². The van der Waals surface area contributed by atoms with Gasteiger partial charge in [-0.25, -0.2) is 4.79 Å². The van der Waals surface area contributed by atoms with Crippen molar-refractivity contribution in [2.75, 3.05) is 26.5 Å². The Morgan fingerprint density at radius 1 is 1.22 bits per heavy atom. The number of rotatable bonds is 5. The fraction of sp³-hybridized carbons (Fsp3) is 0.412. The van der Waals surface area contributed by atoms with Crippen molar-refractivity contribution in [3.05, 3.63) is 35.5 Å². The highest BCUT2D eigenvalue weighted by Crippen LogP contribution is 2.32. The van der Waals surface area contributed by atoms with Gasteiger partial charge in [0.1, 0.15) is 5.70 Å². The van der Waals surface area contributed by atoms with E-state index in [-0.39, 0.29) is 19.2 Å². The SMILES string of the molecule is CCOC(=O)/C(=C\C(=O)c1ccc2c(c1)OCO2)N1CCCC1. The summed E-state index contributed by atoms with van der Waals surface area (Å²) in [6, 6.07) is 5.00. The zero-order chi connectivity index (χ0) is 16.2. The van der Waals surface area contributed by atoms with E-state index < -0.39 is 5.97 Å². The standard InChI is InChI=1S/C17H19NO5/c1-2-21-17(20)13(18-7-3-4-8-18)10-14(19)12-5-6-15-16(9-12)23-11-22-15/h5-6,9-10H,2-4,7-8,11H2,1H3/b13-10+. The maximum atomic E-state index is 12.5. The molecule has 6 heteroatoms. The van der Waals surface area contributed by atoms with Crippen molar-refractivity contribution in [3.63, 3.8) is 0 Å². The van der Waals surface area contributed by atoms with Crippen LogP contribution in [0.25, 0.3) is 0 Å². The minimum Gasteiger partial charge on any atom is -0.461 e. The quantitative estimate of drug-likeness (QED) is 0.471. The Labute approximate surface area is 134 Å². The van der Waals surface area contributed by atoms with Crippen molar-refractivity contribution in [2.24, 2.45) is 0 Å². The molecule has 0 saturated carbocycles. The first kappa shape index (κ1) is 15.4. The summed E-state index contributed by atoms with van der Waals surface area (Å²) >= 11 is 0. The van der Waals surface area contributed by atoms with E-state index in [0.717, 1.165) is 25.9 Å². The van der Waals surface area contributed by atoms with Crippen molar-refractivity contribution in [3.8, 4) is 11.5 Å². The number of nitrogens with zero attached hydrogens (tertiary/aromatic N) is 1. The highest BCUT2D eigenvalue weighted by atomic mass is 16.7. The molecule has 0 radical (unpaired) electrons. The molecule has 0 bridgehead atoms. The van der Waals surface area contributed by atoms with Crippen LogP contribution in [-0.2, 0) is 9.53 Å². The third kappa shape index (κ3) is 3.31. The van der Waals surface area contributed by atoms with Crippen molar-refractivity contribution in [1.82, 2.24) is 4.90 Å². The summed E-state index contributed by atoms with van der Waals surface area (Å²) < 4.78 is 15.6. The lowest BCUT2D eigenvalue weighted by atomic mass is 10.1. The van der Waals surface area contributed by atoms with Crippen LogP contribution in [0.15, 0.2) is 30.0 Å². The summed E-state index contributed by atoms with van der Waals surface area (Å²) in [4.78, 5) is 26.6. The normalized spacial score (nSPS) is 16.6. The number of benzene rings is 1. The molecule has 0 aromatic heterocycles. The fourth-order valence-corrected chi connectivity index (χ4v) is 2.70. The van der Waals surface area contributed by atoms with E-state index in [1.54, 1.807) is 25.1 Å². The Morgan fingerprint density at radius 2 is 1.96 bits per heavy atom. The molecule has 1 fully saturated rings. The van der Waals surface area contributed by atoms with Gasteiger partial charge in [0.05, 0.1) is 6.61 Å². The molecule has 3 rings (SSSR count). The molecule has 2 aliphatic rings. The van der Waals surface area contributed by atoms with Gasteiger partial charge in [-0.3, -0.25) is 4.79 Å². The zero-order valence-corrected chi connectivity index (χ0v) is 13.0. The van der Waals surface area contributed by atoms with Crippen LogP contribution in [0, 0.1) is 0 Å². The van der Waals surface area contributed by atoms with E-state index in [4.69, 9.17) is 14.2 Å². The fourth-order valence-electron chi connectivity index (χ4n) is 2.70. The third-order valence-electron chi connectivity index (χ3n) is 3.86. The van der Waals surface area contributed by atoms with Gasteiger partial charge in [-0.2, -0.15) is 0 Å². The van der Waals surface area contributed by atoms with Gasteiger partial charge < -0.3 is 19.1 Å². The van der Waals surface area contributed by atoms with Gasteiger partial charge in [0.15, 0.2) is 17.3 Å². The molecule has 0 aliphatic carbocycles. The van der Waals surface area contributed by atoms with Gasteiger partial charge in [-0.1, -0.05) is 0 Å². The maximum absolute atomic E-state index is 12.5. The lowest BCUT2D eigenvalue weighted by Crippen LogP contribution is -2.27. The number of carbonyl (C=O) groups excluding carboxylic acids is 2. The number of hydrogen-bond acceptors (Lipinski definition) is 6. The van der Waals surface area contributed by atoms with E-state index in [0.29, 0.717) is 22.8 Å². The second-order valence-electron chi connectivity index (χ2n) is 5.38. The molecule has 0 unspecified atom stereocenters. The molecule has 0 spiro atoms. The van der Waals surface area contributed by atoms with Gasteiger partial charge in [0, 0.05) is 24.7 Å². The van der Waals surface area contributed by atoms with E-state index in [1.165, 1.54) is 6.08 Å².